The van der Waals surface area contributed by atoms with Gasteiger partial charge < -0.3 is 10.2 Å². The maximum Gasteiger partial charge on any atom is 0.306 e. The lowest BCUT2D eigenvalue weighted by molar-refractivity contribution is -0.146. The number of ketones is 1. The minimum Gasteiger partial charge on any atom is -0.511 e. The molecular formula is C22H30O4. The Morgan fingerprint density at radius 3 is 2.58 bits per heavy atom. The highest BCUT2D eigenvalue weighted by Gasteiger charge is 2.61. The molecule has 1 unspecified atom stereocenters. The van der Waals surface area contributed by atoms with E-state index < -0.39 is 11.4 Å². The number of carbonyl (C=O) groups excluding carboxylic acids is 1. The van der Waals surface area contributed by atoms with Gasteiger partial charge in [0.2, 0.25) is 0 Å². The van der Waals surface area contributed by atoms with Gasteiger partial charge in [-0.15, -0.1) is 0 Å². The average molecular weight is 358 g/mol. The van der Waals surface area contributed by atoms with Crippen molar-refractivity contribution >= 4 is 11.8 Å². The second-order valence-electron chi connectivity index (χ2n) is 9.57. The van der Waals surface area contributed by atoms with Crippen LogP contribution in [0.4, 0.5) is 0 Å². The molecule has 0 aromatic heterocycles. The Kier molecular flexibility index (Phi) is 3.91. The molecular weight excluding hydrogens is 328 g/mol. The van der Waals surface area contributed by atoms with Crippen molar-refractivity contribution in [2.45, 2.75) is 59.3 Å². The zero-order chi connectivity index (χ0) is 18.9. The number of aliphatic hydroxyl groups is 1. The number of hydrogen-bond acceptors (Lipinski definition) is 3. The van der Waals surface area contributed by atoms with E-state index in [9.17, 15) is 19.8 Å². The molecule has 0 radical (unpaired) electrons. The molecule has 3 fully saturated rings. The van der Waals surface area contributed by atoms with E-state index in [4.69, 9.17) is 0 Å². The maximum absolute atomic E-state index is 11.9. The van der Waals surface area contributed by atoms with Crippen molar-refractivity contribution in [1.82, 2.24) is 0 Å². The monoisotopic (exact) mass is 358 g/mol. The summed E-state index contributed by atoms with van der Waals surface area (Å²) in [4.78, 5) is 23.5. The minimum atomic E-state index is -0.675. The molecule has 0 heterocycles. The molecule has 0 aromatic carbocycles. The van der Waals surface area contributed by atoms with Crippen LogP contribution in [0.3, 0.4) is 0 Å². The predicted molar refractivity (Wildman–Crippen MR) is 98.5 cm³/mol. The van der Waals surface area contributed by atoms with Crippen molar-refractivity contribution in [2.75, 3.05) is 0 Å². The van der Waals surface area contributed by atoms with E-state index in [0.29, 0.717) is 17.8 Å². The molecule has 3 saturated carbocycles. The van der Waals surface area contributed by atoms with Gasteiger partial charge in [-0.05, 0) is 80.6 Å². The molecule has 0 bridgehead atoms. The zero-order valence-electron chi connectivity index (χ0n) is 16.0. The van der Waals surface area contributed by atoms with E-state index in [0.717, 1.165) is 44.1 Å². The molecule has 2 N–H and O–H groups in total. The van der Waals surface area contributed by atoms with E-state index in [1.807, 2.05) is 6.92 Å². The number of fused-ring (bicyclic) bond motifs is 5. The fraction of sp³-hybridized carbons (Fsp3) is 0.727. The predicted octanol–water partition coefficient (Wildman–Crippen LogP) is 4.52. The Bertz CT molecular complexity index is 720. The summed E-state index contributed by atoms with van der Waals surface area (Å²) >= 11 is 0. The van der Waals surface area contributed by atoms with Gasteiger partial charge in [0.05, 0.1) is 5.92 Å². The highest BCUT2D eigenvalue weighted by Crippen LogP contribution is 2.67. The van der Waals surface area contributed by atoms with Gasteiger partial charge in [-0.1, -0.05) is 19.4 Å². The van der Waals surface area contributed by atoms with Crippen molar-refractivity contribution < 1.29 is 19.8 Å². The molecule has 0 amide bonds. The van der Waals surface area contributed by atoms with Crippen LogP contribution in [0.1, 0.15) is 59.3 Å². The topological polar surface area (TPSA) is 74.6 Å². The Labute approximate surface area is 155 Å². The number of hydrogen-bond donors (Lipinski definition) is 2. The zero-order valence-corrected chi connectivity index (χ0v) is 16.0. The fourth-order valence-electron chi connectivity index (χ4n) is 7.34. The van der Waals surface area contributed by atoms with Crippen LogP contribution in [0.2, 0.25) is 0 Å². The molecule has 142 valence electrons. The van der Waals surface area contributed by atoms with Crippen molar-refractivity contribution in [3.05, 3.63) is 23.5 Å². The Morgan fingerprint density at radius 1 is 1.15 bits per heavy atom. The van der Waals surface area contributed by atoms with Crippen molar-refractivity contribution in [2.24, 2.45) is 40.4 Å². The summed E-state index contributed by atoms with van der Waals surface area (Å²) in [5.41, 5.74) is 0.774. The molecule has 0 saturated heterocycles. The Balaban J connectivity index is 1.67. The van der Waals surface area contributed by atoms with E-state index in [2.05, 4.69) is 13.8 Å². The van der Waals surface area contributed by atoms with Gasteiger partial charge in [-0.3, -0.25) is 9.59 Å². The highest BCUT2D eigenvalue weighted by molar-refractivity contribution is 6.01. The summed E-state index contributed by atoms with van der Waals surface area (Å²) in [6.45, 7) is 6.30. The van der Waals surface area contributed by atoms with E-state index in [1.54, 1.807) is 6.08 Å². The van der Waals surface area contributed by atoms with Crippen LogP contribution in [-0.2, 0) is 9.59 Å². The minimum absolute atomic E-state index is 0.0837. The summed E-state index contributed by atoms with van der Waals surface area (Å²) in [5, 5.41) is 20.3. The lowest BCUT2D eigenvalue weighted by Crippen LogP contribution is -2.51. The Hall–Kier alpha value is -1.58. The lowest BCUT2D eigenvalue weighted by Gasteiger charge is -2.57. The molecule has 4 rings (SSSR count). The number of carboxylic acid groups (broad SMARTS) is 1. The van der Waals surface area contributed by atoms with Crippen LogP contribution < -0.4 is 0 Å². The second-order valence-corrected chi connectivity index (χ2v) is 9.57. The smallest absolute Gasteiger partial charge is 0.306 e. The number of carboxylic acids is 1. The molecule has 26 heavy (non-hydrogen) atoms. The third-order valence-electron chi connectivity index (χ3n) is 8.79. The highest BCUT2D eigenvalue weighted by atomic mass is 16.4. The lowest BCUT2D eigenvalue weighted by atomic mass is 9.47. The summed E-state index contributed by atoms with van der Waals surface area (Å²) in [5.74, 6) is 0.805. The van der Waals surface area contributed by atoms with Gasteiger partial charge in [0.1, 0.15) is 5.76 Å². The first kappa shape index (κ1) is 17.8. The number of allylic oxidation sites excluding steroid dienone is 3. The number of aliphatic hydroxyl groups excluding tert-OH is 1. The van der Waals surface area contributed by atoms with Crippen LogP contribution >= 0.6 is 0 Å². The van der Waals surface area contributed by atoms with Crippen LogP contribution in [0.15, 0.2) is 23.5 Å². The fourth-order valence-corrected chi connectivity index (χ4v) is 7.34. The van der Waals surface area contributed by atoms with E-state index in [-0.39, 0.29) is 28.8 Å². The molecule has 7 atom stereocenters. The van der Waals surface area contributed by atoms with Crippen molar-refractivity contribution in [3.63, 3.8) is 0 Å². The largest absolute Gasteiger partial charge is 0.511 e. The van der Waals surface area contributed by atoms with Crippen LogP contribution in [0.5, 0.6) is 0 Å². The van der Waals surface area contributed by atoms with Crippen LogP contribution in [-0.4, -0.2) is 22.0 Å². The van der Waals surface area contributed by atoms with Gasteiger partial charge in [0.25, 0.3) is 0 Å². The standard InChI is InChI=1S/C22H30O4/c1-12(20(25)26)16-6-7-17-15-5-4-13-10-14(23)11-19(24)22(13,3)18(15)8-9-21(16,17)2/h10-12,15-18,24H,4-9H2,1-3H3,(H,25,26)/t12?,15-,16+,17-,18-,21+,22-/m0/s1. The second kappa shape index (κ2) is 5.71. The number of carbonyl (C=O) groups is 2. The van der Waals surface area contributed by atoms with Crippen molar-refractivity contribution in [1.29, 1.82) is 0 Å². The van der Waals surface area contributed by atoms with Gasteiger partial charge in [-0.25, -0.2) is 0 Å². The van der Waals surface area contributed by atoms with E-state index in [1.165, 1.54) is 6.08 Å². The third kappa shape index (κ3) is 2.20. The first-order valence-corrected chi connectivity index (χ1v) is 10.1. The molecule has 4 nitrogen and oxygen atoms in total. The maximum atomic E-state index is 11.9. The van der Waals surface area contributed by atoms with Crippen molar-refractivity contribution in [3.8, 4) is 0 Å². The van der Waals surface area contributed by atoms with Gasteiger partial charge >= 0.3 is 5.97 Å². The first-order valence-electron chi connectivity index (χ1n) is 10.1. The normalized spacial score (nSPS) is 45.7. The first-order chi connectivity index (χ1) is 12.2. The summed E-state index contributed by atoms with van der Waals surface area (Å²) in [7, 11) is 0. The molecule has 4 aliphatic carbocycles. The number of rotatable bonds is 2. The van der Waals surface area contributed by atoms with Crippen LogP contribution in [0.25, 0.3) is 0 Å². The molecule has 4 aliphatic rings. The summed E-state index contributed by atoms with van der Waals surface area (Å²) < 4.78 is 0. The molecule has 0 spiro atoms. The van der Waals surface area contributed by atoms with Gasteiger partial charge in [0, 0.05) is 11.5 Å². The van der Waals surface area contributed by atoms with Crippen LogP contribution in [0, 0.1) is 40.4 Å². The number of aliphatic carboxylic acids is 1. The summed E-state index contributed by atoms with van der Waals surface area (Å²) in [6, 6.07) is 0. The average Bonchev–Trinajstić information content (AvgIpc) is 2.92. The van der Waals surface area contributed by atoms with Gasteiger partial charge in [-0.2, -0.15) is 0 Å². The molecule has 4 heteroatoms. The third-order valence-corrected chi connectivity index (χ3v) is 8.79. The SMILES string of the molecule is CC(C(=O)O)[C@H]1CC[C@H]2[C@@H]3CCC4=CC(=O)C=C(O)[C@]4(C)[C@H]3CC[C@]12C. The van der Waals surface area contributed by atoms with E-state index >= 15 is 0 Å². The molecule has 0 aromatic rings. The Morgan fingerprint density at radius 2 is 1.88 bits per heavy atom. The summed E-state index contributed by atoms with van der Waals surface area (Å²) in [6.07, 6.45) is 9.19. The van der Waals surface area contributed by atoms with Gasteiger partial charge in [0.15, 0.2) is 5.78 Å². The molecule has 0 aliphatic heterocycles. The quantitative estimate of drug-likeness (QED) is 0.761.